The molecule has 1 saturated carbocycles. The van der Waals surface area contributed by atoms with Crippen LogP contribution in [0.2, 0.25) is 0 Å². The summed E-state index contributed by atoms with van der Waals surface area (Å²) in [6, 6.07) is 0. The quantitative estimate of drug-likeness (QED) is 0.246. The number of carbonyl (C=O) groups is 2. The second-order valence-electron chi connectivity index (χ2n) is 9.16. The maximum atomic E-state index is 12.8. The van der Waals surface area contributed by atoms with Crippen molar-refractivity contribution in [1.82, 2.24) is 0 Å². The Hall–Kier alpha value is -1.74. The summed E-state index contributed by atoms with van der Waals surface area (Å²) in [5.41, 5.74) is -2.76. The van der Waals surface area contributed by atoms with Crippen molar-refractivity contribution in [3.05, 3.63) is 24.3 Å². The fraction of sp³-hybridized carbons (Fsp3) is 0.700. The molecule has 9 atom stereocenters. The molecule has 0 aromatic heterocycles. The molecular weight excluding hydrogens is 368 g/mol. The van der Waals surface area contributed by atoms with Crippen LogP contribution in [0.1, 0.15) is 34.1 Å². The highest BCUT2D eigenvalue weighted by atomic mass is 17.2. The van der Waals surface area contributed by atoms with E-state index in [1.165, 1.54) is 0 Å². The normalized spacial score (nSPS) is 56.1. The largest absolute Gasteiger partial charge is 0.458 e. The van der Waals surface area contributed by atoms with E-state index in [4.69, 9.17) is 24.0 Å². The van der Waals surface area contributed by atoms with Gasteiger partial charge in [0.1, 0.15) is 11.7 Å². The highest BCUT2D eigenvalue weighted by Gasteiger charge is 2.78. The van der Waals surface area contributed by atoms with Gasteiger partial charge in [-0.25, -0.2) is 14.5 Å². The molecule has 3 heterocycles. The maximum absolute atomic E-state index is 12.8. The summed E-state index contributed by atoms with van der Waals surface area (Å²) in [6.07, 6.45) is 2.07. The smallest absolute Gasteiger partial charge is 0.341 e. The van der Waals surface area contributed by atoms with Crippen molar-refractivity contribution in [2.75, 3.05) is 0 Å². The van der Waals surface area contributed by atoms with Gasteiger partial charge in [-0.15, -0.1) is 0 Å². The molecule has 4 bridgehead atoms. The molecule has 0 radical (unpaired) electrons. The van der Waals surface area contributed by atoms with Crippen LogP contribution < -0.4 is 0 Å². The molecule has 28 heavy (non-hydrogen) atoms. The molecule has 5 aliphatic rings. The van der Waals surface area contributed by atoms with E-state index in [0.717, 1.165) is 0 Å². The number of aliphatic hydroxyl groups is 1. The summed E-state index contributed by atoms with van der Waals surface area (Å²) in [6.45, 7) is 10.9. The molecule has 8 nitrogen and oxygen atoms in total. The topological polar surface area (TPSA) is 104 Å². The fourth-order valence-corrected chi connectivity index (χ4v) is 5.54. The molecule has 0 unspecified atom stereocenters. The van der Waals surface area contributed by atoms with Gasteiger partial charge < -0.3 is 19.3 Å². The van der Waals surface area contributed by atoms with Crippen LogP contribution in [-0.4, -0.2) is 52.3 Å². The average Bonchev–Trinajstić information content (AvgIpc) is 3.14. The lowest BCUT2D eigenvalue weighted by Crippen LogP contribution is -2.77. The van der Waals surface area contributed by atoms with Gasteiger partial charge in [0.05, 0.1) is 17.4 Å². The maximum Gasteiger partial charge on any atom is 0.341 e. The lowest BCUT2D eigenvalue weighted by molar-refractivity contribution is -0.554. The highest BCUT2D eigenvalue weighted by Crippen LogP contribution is 2.65. The minimum atomic E-state index is -2.02. The lowest BCUT2D eigenvalue weighted by Gasteiger charge is -2.64. The SMILES string of the molecule is C=C1C(=O)O[C@@H]2[C@H]1[C@@H](OC(=O)[C@]1(C)O[C@@H]1C)[C@]1(O)OO[C@@]3(C)CC=C[C@@]1(C)[C@H]23. The molecule has 0 aromatic rings. The van der Waals surface area contributed by atoms with Gasteiger partial charge in [-0.1, -0.05) is 25.7 Å². The summed E-state index contributed by atoms with van der Waals surface area (Å²) in [5, 5.41) is 11.7. The molecule has 0 spiro atoms. The van der Waals surface area contributed by atoms with Crippen molar-refractivity contribution in [3.8, 4) is 0 Å². The molecule has 8 heteroatoms. The van der Waals surface area contributed by atoms with E-state index in [1.807, 2.05) is 19.1 Å². The number of hydrogen-bond donors (Lipinski definition) is 1. The predicted octanol–water partition coefficient (Wildman–Crippen LogP) is 1.18. The van der Waals surface area contributed by atoms with Crippen LogP contribution in [0.5, 0.6) is 0 Å². The Balaban J connectivity index is 1.63. The molecule has 1 N–H and O–H groups in total. The van der Waals surface area contributed by atoms with Crippen molar-refractivity contribution in [3.63, 3.8) is 0 Å². The zero-order valence-electron chi connectivity index (χ0n) is 16.3. The Morgan fingerprint density at radius 1 is 1.32 bits per heavy atom. The number of fused-ring (bicyclic) bond motifs is 1. The van der Waals surface area contributed by atoms with Crippen molar-refractivity contribution in [1.29, 1.82) is 0 Å². The van der Waals surface area contributed by atoms with Crippen LogP contribution in [-0.2, 0) is 33.6 Å². The van der Waals surface area contributed by atoms with Crippen molar-refractivity contribution < 1.29 is 38.7 Å². The van der Waals surface area contributed by atoms with Crippen LogP contribution in [0, 0.1) is 17.3 Å². The first kappa shape index (κ1) is 18.3. The number of rotatable bonds is 2. The monoisotopic (exact) mass is 392 g/mol. The Kier molecular flexibility index (Phi) is 3.30. The summed E-state index contributed by atoms with van der Waals surface area (Å²) in [5.74, 6) is -4.37. The summed E-state index contributed by atoms with van der Waals surface area (Å²) in [4.78, 5) is 36.4. The second-order valence-corrected chi connectivity index (χ2v) is 9.16. The Morgan fingerprint density at radius 3 is 2.64 bits per heavy atom. The predicted molar refractivity (Wildman–Crippen MR) is 92.2 cm³/mol. The van der Waals surface area contributed by atoms with E-state index >= 15 is 0 Å². The van der Waals surface area contributed by atoms with E-state index in [1.54, 1.807) is 20.8 Å². The van der Waals surface area contributed by atoms with Crippen LogP contribution in [0.25, 0.3) is 0 Å². The van der Waals surface area contributed by atoms with Gasteiger partial charge in [0.2, 0.25) is 5.79 Å². The highest BCUT2D eigenvalue weighted by molar-refractivity contribution is 5.91. The van der Waals surface area contributed by atoms with E-state index < -0.39 is 58.4 Å². The van der Waals surface area contributed by atoms with E-state index in [2.05, 4.69) is 6.58 Å². The minimum absolute atomic E-state index is 0.153. The summed E-state index contributed by atoms with van der Waals surface area (Å²) >= 11 is 0. The van der Waals surface area contributed by atoms with Crippen molar-refractivity contribution in [2.24, 2.45) is 17.3 Å². The Bertz CT molecular complexity index is 836. The number of epoxide rings is 1. The zero-order chi connectivity index (χ0) is 20.3. The summed E-state index contributed by atoms with van der Waals surface area (Å²) in [7, 11) is 0. The third-order valence-corrected chi connectivity index (χ3v) is 7.50. The zero-order valence-corrected chi connectivity index (χ0v) is 16.3. The van der Waals surface area contributed by atoms with Crippen LogP contribution in [0.15, 0.2) is 24.3 Å². The molecule has 0 aromatic carbocycles. The van der Waals surface area contributed by atoms with E-state index in [0.29, 0.717) is 6.42 Å². The van der Waals surface area contributed by atoms with Crippen molar-refractivity contribution in [2.45, 2.75) is 69.4 Å². The Labute approximate surface area is 162 Å². The van der Waals surface area contributed by atoms with Gasteiger partial charge in [-0.3, -0.25) is 0 Å². The van der Waals surface area contributed by atoms with Crippen LogP contribution >= 0.6 is 0 Å². The van der Waals surface area contributed by atoms with Crippen LogP contribution in [0.4, 0.5) is 0 Å². The van der Waals surface area contributed by atoms with Gasteiger partial charge in [0.25, 0.3) is 0 Å². The summed E-state index contributed by atoms with van der Waals surface area (Å²) < 4.78 is 16.8. The first-order valence-corrected chi connectivity index (χ1v) is 9.53. The van der Waals surface area contributed by atoms with Gasteiger partial charge >= 0.3 is 11.9 Å². The first-order chi connectivity index (χ1) is 13.0. The first-order valence-electron chi connectivity index (χ1n) is 9.53. The lowest BCUT2D eigenvalue weighted by atomic mass is 9.50. The van der Waals surface area contributed by atoms with Gasteiger partial charge in [0, 0.05) is 11.5 Å². The van der Waals surface area contributed by atoms with Crippen LogP contribution in [0.3, 0.4) is 0 Å². The van der Waals surface area contributed by atoms with Gasteiger partial charge in [0.15, 0.2) is 11.7 Å². The third-order valence-electron chi connectivity index (χ3n) is 7.50. The van der Waals surface area contributed by atoms with E-state index in [-0.39, 0.29) is 11.7 Å². The fourth-order valence-electron chi connectivity index (χ4n) is 5.54. The molecular formula is C20H24O8. The molecule has 3 saturated heterocycles. The third kappa shape index (κ3) is 1.89. The molecule has 152 valence electrons. The van der Waals surface area contributed by atoms with E-state index in [9.17, 15) is 14.7 Å². The molecule has 3 aliphatic heterocycles. The van der Waals surface area contributed by atoms with Gasteiger partial charge in [-0.05, 0) is 27.2 Å². The molecule has 4 fully saturated rings. The number of esters is 2. The van der Waals surface area contributed by atoms with Crippen molar-refractivity contribution >= 4 is 11.9 Å². The minimum Gasteiger partial charge on any atom is -0.458 e. The molecule has 5 rings (SSSR count). The van der Waals surface area contributed by atoms with Gasteiger partial charge in [-0.2, -0.15) is 4.89 Å². The number of hydrogen-bond acceptors (Lipinski definition) is 8. The molecule has 0 amide bonds. The number of carbonyl (C=O) groups excluding carboxylic acids is 2. The Morgan fingerprint density at radius 2 is 2.00 bits per heavy atom. The number of ether oxygens (including phenoxy) is 3. The molecule has 2 aliphatic carbocycles. The standard InChI is InChI=1S/C20H24O8/c1-9-11-12(24-15(9)21)13-17(3)7-6-8-18(13,4)27-28-20(17,23)14(11)25-16(22)19(5)10(2)26-19/h6-7,10-14,23H,1,8H2,2-5H3/t10-,11+,12-,13+,14-,17+,18+,19-,20+/m1/s1. The average molecular weight is 392 g/mol. The second kappa shape index (κ2) is 5.05.